The average Bonchev–Trinajstić information content (AvgIpc) is 3.10. The number of aromatic nitrogens is 3. The molecule has 1 fully saturated rings. The first kappa shape index (κ1) is 19.1. The zero-order valence-electron chi connectivity index (χ0n) is 16.1. The number of H-pyrrole nitrogens is 1. The summed E-state index contributed by atoms with van der Waals surface area (Å²) in [5.41, 5.74) is 1.83. The summed E-state index contributed by atoms with van der Waals surface area (Å²) in [6, 6.07) is 16.7. The molecule has 2 aromatic carbocycles. The van der Waals surface area contributed by atoms with Crippen molar-refractivity contribution in [1.82, 2.24) is 19.7 Å². The number of hydrogen-bond acceptors (Lipinski definition) is 4. The summed E-state index contributed by atoms with van der Waals surface area (Å²) in [5.74, 6) is 0.322. The van der Waals surface area contributed by atoms with E-state index in [9.17, 15) is 14.7 Å². The molecule has 0 bridgehead atoms. The van der Waals surface area contributed by atoms with Crippen LogP contribution in [0.25, 0.3) is 5.69 Å². The standard InChI is InChI=1S/C22H24N4O3/c27-21(28)19-9-5-4-6-17(19)15-25-12-10-16(11-13-25)14-20-23-24-22(29)26(20)18-7-2-1-3-8-18/h1-9,16H,10-15H2,(H,24,29)(H,27,28). The second-order valence-corrected chi connectivity index (χ2v) is 7.50. The molecule has 29 heavy (non-hydrogen) atoms. The maximum Gasteiger partial charge on any atom is 0.347 e. The highest BCUT2D eigenvalue weighted by molar-refractivity contribution is 5.89. The second kappa shape index (κ2) is 8.45. The Morgan fingerprint density at radius 3 is 2.48 bits per heavy atom. The minimum absolute atomic E-state index is 0.214. The van der Waals surface area contributed by atoms with Crippen LogP contribution in [0.3, 0.4) is 0 Å². The third-order valence-electron chi connectivity index (χ3n) is 5.58. The van der Waals surface area contributed by atoms with Gasteiger partial charge in [-0.25, -0.2) is 19.3 Å². The Morgan fingerprint density at radius 2 is 1.76 bits per heavy atom. The Hall–Kier alpha value is -3.19. The van der Waals surface area contributed by atoms with Crippen LogP contribution < -0.4 is 5.69 Å². The molecule has 2 heterocycles. The first-order valence-corrected chi connectivity index (χ1v) is 9.87. The normalized spacial score (nSPS) is 15.4. The lowest BCUT2D eigenvalue weighted by atomic mass is 9.92. The van der Waals surface area contributed by atoms with Crippen LogP contribution in [0, 0.1) is 5.92 Å². The van der Waals surface area contributed by atoms with E-state index in [1.54, 1.807) is 16.7 Å². The SMILES string of the molecule is O=C(O)c1ccccc1CN1CCC(Cc2n[nH]c(=O)n2-c2ccccc2)CC1. The minimum atomic E-state index is -0.882. The zero-order chi connectivity index (χ0) is 20.2. The Morgan fingerprint density at radius 1 is 1.07 bits per heavy atom. The molecular formula is C22H24N4O3. The summed E-state index contributed by atoms with van der Waals surface area (Å²) in [4.78, 5) is 25.9. The van der Waals surface area contributed by atoms with Gasteiger partial charge in [-0.05, 0) is 55.6 Å². The van der Waals surface area contributed by atoms with E-state index in [1.165, 1.54) is 0 Å². The van der Waals surface area contributed by atoms with E-state index in [0.29, 0.717) is 18.0 Å². The second-order valence-electron chi connectivity index (χ2n) is 7.50. The average molecular weight is 392 g/mol. The zero-order valence-corrected chi connectivity index (χ0v) is 16.1. The number of nitrogens with zero attached hydrogens (tertiary/aromatic N) is 3. The van der Waals surface area contributed by atoms with Crippen molar-refractivity contribution in [3.05, 3.63) is 82.0 Å². The maximum atomic E-state index is 12.2. The summed E-state index contributed by atoms with van der Waals surface area (Å²) < 4.78 is 1.65. The molecule has 7 heteroatoms. The largest absolute Gasteiger partial charge is 0.478 e. The monoisotopic (exact) mass is 392 g/mol. The van der Waals surface area contributed by atoms with Crippen LogP contribution in [-0.2, 0) is 13.0 Å². The molecule has 0 amide bonds. The number of rotatable bonds is 6. The third kappa shape index (κ3) is 4.30. The van der Waals surface area contributed by atoms with Gasteiger partial charge in [-0.2, -0.15) is 5.10 Å². The van der Waals surface area contributed by atoms with Crippen molar-refractivity contribution < 1.29 is 9.90 Å². The lowest BCUT2D eigenvalue weighted by Gasteiger charge is -2.32. The molecule has 0 saturated carbocycles. The smallest absolute Gasteiger partial charge is 0.347 e. The fraction of sp³-hybridized carbons (Fsp3) is 0.318. The molecule has 150 valence electrons. The Bertz CT molecular complexity index is 1030. The fourth-order valence-electron chi connectivity index (χ4n) is 4.02. The maximum absolute atomic E-state index is 12.2. The van der Waals surface area contributed by atoms with Crippen LogP contribution in [0.1, 0.15) is 34.6 Å². The number of likely N-dealkylation sites (tertiary alicyclic amines) is 1. The molecule has 0 aliphatic carbocycles. The number of para-hydroxylation sites is 1. The number of benzene rings is 2. The first-order valence-electron chi connectivity index (χ1n) is 9.87. The van der Waals surface area contributed by atoms with Crippen molar-refractivity contribution in [3.8, 4) is 5.69 Å². The number of nitrogens with one attached hydrogen (secondary N) is 1. The van der Waals surface area contributed by atoms with Crippen LogP contribution in [0.4, 0.5) is 0 Å². The summed E-state index contributed by atoms with van der Waals surface area (Å²) >= 11 is 0. The lowest BCUT2D eigenvalue weighted by molar-refractivity contribution is 0.0693. The molecule has 7 nitrogen and oxygen atoms in total. The first-order chi connectivity index (χ1) is 14.1. The number of carboxylic acid groups (broad SMARTS) is 1. The Labute approximate surface area is 168 Å². The molecule has 0 unspecified atom stereocenters. The van der Waals surface area contributed by atoms with Crippen LogP contribution in [-0.4, -0.2) is 43.8 Å². The Balaban J connectivity index is 1.39. The minimum Gasteiger partial charge on any atom is -0.478 e. The highest BCUT2D eigenvalue weighted by atomic mass is 16.4. The van der Waals surface area contributed by atoms with Crippen LogP contribution in [0.2, 0.25) is 0 Å². The number of piperidine rings is 1. The van der Waals surface area contributed by atoms with E-state index in [2.05, 4.69) is 15.1 Å². The van der Waals surface area contributed by atoms with Gasteiger partial charge in [0, 0.05) is 13.0 Å². The molecule has 4 rings (SSSR count). The van der Waals surface area contributed by atoms with Gasteiger partial charge in [-0.15, -0.1) is 0 Å². The van der Waals surface area contributed by atoms with Gasteiger partial charge in [0.05, 0.1) is 11.3 Å². The number of carbonyl (C=O) groups is 1. The van der Waals surface area contributed by atoms with Gasteiger partial charge in [0.1, 0.15) is 5.82 Å². The van der Waals surface area contributed by atoms with Gasteiger partial charge >= 0.3 is 11.7 Å². The van der Waals surface area contributed by atoms with Gasteiger partial charge < -0.3 is 5.11 Å². The van der Waals surface area contributed by atoms with Gasteiger partial charge in [-0.3, -0.25) is 4.90 Å². The molecule has 1 aliphatic rings. The number of aromatic carboxylic acids is 1. The lowest BCUT2D eigenvalue weighted by Crippen LogP contribution is -2.34. The van der Waals surface area contributed by atoms with Gasteiger partial charge in [0.2, 0.25) is 0 Å². The molecule has 0 spiro atoms. The van der Waals surface area contributed by atoms with E-state index in [-0.39, 0.29) is 5.69 Å². The predicted octanol–water partition coefficient (Wildman–Crippen LogP) is 2.71. The molecule has 2 N–H and O–H groups in total. The van der Waals surface area contributed by atoms with Crippen molar-refractivity contribution in [1.29, 1.82) is 0 Å². The molecular weight excluding hydrogens is 368 g/mol. The van der Waals surface area contributed by atoms with E-state index < -0.39 is 5.97 Å². The van der Waals surface area contributed by atoms with Crippen molar-refractivity contribution in [2.45, 2.75) is 25.8 Å². The van der Waals surface area contributed by atoms with E-state index in [0.717, 1.165) is 49.4 Å². The van der Waals surface area contributed by atoms with E-state index in [4.69, 9.17) is 0 Å². The number of aromatic amines is 1. The van der Waals surface area contributed by atoms with Crippen LogP contribution in [0.15, 0.2) is 59.4 Å². The summed E-state index contributed by atoms with van der Waals surface area (Å²) in [7, 11) is 0. The summed E-state index contributed by atoms with van der Waals surface area (Å²) in [5, 5.41) is 16.2. The molecule has 1 saturated heterocycles. The van der Waals surface area contributed by atoms with Crippen LogP contribution in [0.5, 0.6) is 0 Å². The van der Waals surface area contributed by atoms with Gasteiger partial charge in [-0.1, -0.05) is 36.4 Å². The molecule has 3 aromatic rings. The third-order valence-corrected chi connectivity index (χ3v) is 5.58. The predicted molar refractivity (Wildman–Crippen MR) is 109 cm³/mol. The Kier molecular flexibility index (Phi) is 5.57. The fourth-order valence-corrected chi connectivity index (χ4v) is 4.02. The molecule has 1 aromatic heterocycles. The van der Waals surface area contributed by atoms with Gasteiger partial charge in [0.25, 0.3) is 0 Å². The summed E-state index contributed by atoms with van der Waals surface area (Å²) in [6.45, 7) is 2.45. The molecule has 1 aliphatic heterocycles. The highest BCUT2D eigenvalue weighted by Crippen LogP contribution is 2.23. The molecule has 0 atom stereocenters. The molecule has 0 radical (unpaired) electrons. The highest BCUT2D eigenvalue weighted by Gasteiger charge is 2.23. The summed E-state index contributed by atoms with van der Waals surface area (Å²) in [6.07, 6.45) is 2.73. The van der Waals surface area contributed by atoms with Crippen molar-refractivity contribution in [2.24, 2.45) is 5.92 Å². The van der Waals surface area contributed by atoms with Crippen molar-refractivity contribution >= 4 is 5.97 Å². The van der Waals surface area contributed by atoms with Crippen LogP contribution >= 0.6 is 0 Å². The topological polar surface area (TPSA) is 91.2 Å². The number of hydrogen-bond donors (Lipinski definition) is 2. The quantitative estimate of drug-likeness (QED) is 0.673. The van der Waals surface area contributed by atoms with Crippen molar-refractivity contribution in [2.75, 3.05) is 13.1 Å². The van der Waals surface area contributed by atoms with Gasteiger partial charge in [0.15, 0.2) is 0 Å². The van der Waals surface area contributed by atoms with E-state index >= 15 is 0 Å². The van der Waals surface area contributed by atoms with Crippen molar-refractivity contribution in [3.63, 3.8) is 0 Å². The number of carboxylic acids is 1. The van der Waals surface area contributed by atoms with E-state index in [1.807, 2.05) is 42.5 Å².